The fraction of sp³-hybridized carbons (Fsp3) is 0.300. The number of amides is 2. The van der Waals surface area contributed by atoms with Crippen LogP contribution in [0.5, 0.6) is 0 Å². The number of para-hydroxylation sites is 1. The van der Waals surface area contributed by atoms with Gasteiger partial charge in [0.25, 0.3) is 5.91 Å². The van der Waals surface area contributed by atoms with Gasteiger partial charge in [0.15, 0.2) is 0 Å². The number of hydrogen-bond donors (Lipinski definition) is 1. The van der Waals surface area contributed by atoms with E-state index in [0.717, 1.165) is 5.69 Å². The van der Waals surface area contributed by atoms with Crippen molar-refractivity contribution in [2.75, 3.05) is 43.5 Å². The number of aromatic nitrogens is 1. The number of esters is 1. The number of hydrogen-bond acceptors (Lipinski definition) is 6. The maximum atomic E-state index is 12.7. The van der Waals surface area contributed by atoms with Crippen molar-refractivity contribution in [2.24, 2.45) is 0 Å². The van der Waals surface area contributed by atoms with E-state index in [1.807, 2.05) is 0 Å². The summed E-state index contributed by atoms with van der Waals surface area (Å²) in [7, 11) is 1.29. The summed E-state index contributed by atoms with van der Waals surface area (Å²) in [5.41, 5.74) is 1.85. The number of pyridine rings is 1. The van der Waals surface area contributed by atoms with Crippen molar-refractivity contribution in [1.29, 1.82) is 0 Å². The fourth-order valence-electron chi connectivity index (χ4n) is 3.08. The van der Waals surface area contributed by atoms with Gasteiger partial charge in [0.05, 0.1) is 35.8 Å². The SMILES string of the molecule is COC(=O)c1ccccc1NC(=O)c1cncc(N2CCN(C(C)=O)CC2)c1. The van der Waals surface area contributed by atoms with Crippen molar-refractivity contribution in [2.45, 2.75) is 6.92 Å². The summed E-state index contributed by atoms with van der Waals surface area (Å²) in [5, 5.41) is 2.74. The highest BCUT2D eigenvalue weighted by Crippen LogP contribution is 2.20. The first-order valence-corrected chi connectivity index (χ1v) is 8.94. The van der Waals surface area contributed by atoms with Crippen molar-refractivity contribution in [3.63, 3.8) is 0 Å². The minimum absolute atomic E-state index is 0.0650. The molecule has 2 heterocycles. The number of ether oxygens (including phenoxy) is 1. The Balaban J connectivity index is 1.73. The van der Waals surface area contributed by atoms with Crippen LogP contribution in [-0.2, 0) is 9.53 Å². The predicted molar refractivity (Wildman–Crippen MR) is 104 cm³/mol. The highest BCUT2D eigenvalue weighted by atomic mass is 16.5. The summed E-state index contributed by atoms with van der Waals surface area (Å²) in [4.78, 5) is 44.1. The summed E-state index contributed by atoms with van der Waals surface area (Å²) < 4.78 is 4.75. The number of piperazine rings is 1. The number of nitrogens with zero attached hydrogens (tertiary/aromatic N) is 3. The lowest BCUT2D eigenvalue weighted by atomic mass is 10.1. The highest BCUT2D eigenvalue weighted by Gasteiger charge is 2.20. The molecule has 0 unspecified atom stereocenters. The average Bonchev–Trinajstić information content (AvgIpc) is 2.73. The normalized spacial score (nSPS) is 13.8. The van der Waals surface area contributed by atoms with Gasteiger partial charge in [-0.2, -0.15) is 0 Å². The Bertz CT molecular complexity index is 891. The minimum Gasteiger partial charge on any atom is -0.465 e. The lowest BCUT2D eigenvalue weighted by molar-refractivity contribution is -0.129. The van der Waals surface area contributed by atoms with Crippen LogP contribution in [0.15, 0.2) is 42.7 Å². The second kappa shape index (κ2) is 8.51. The molecule has 1 saturated heterocycles. The maximum absolute atomic E-state index is 12.7. The highest BCUT2D eigenvalue weighted by molar-refractivity contribution is 6.08. The van der Waals surface area contributed by atoms with E-state index < -0.39 is 5.97 Å². The Morgan fingerprint density at radius 2 is 1.79 bits per heavy atom. The average molecular weight is 382 g/mol. The van der Waals surface area contributed by atoms with Gasteiger partial charge in [-0.3, -0.25) is 14.6 Å². The quantitative estimate of drug-likeness (QED) is 0.811. The molecule has 2 amide bonds. The number of benzene rings is 1. The largest absolute Gasteiger partial charge is 0.465 e. The van der Waals surface area contributed by atoms with Crippen molar-refractivity contribution in [1.82, 2.24) is 9.88 Å². The molecule has 1 aromatic heterocycles. The second-order valence-corrected chi connectivity index (χ2v) is 6.42. The van der Waals surface area contributed by atoms with Gasteiger partial charge in [0.2, 0.25) is 5.91 Å². The van der Waals surface area contributed by atoms with Gasteiger partial charge in [-0.25, -0.2) is 4.79 Å². The molecule has 1 fully saturated rings. The first-order chi connectivity index (χ1) is 13.5. The van der Waals surface area contributed by atoms with E-state index in [9.17, 15) is 14.4 Å². The van der Waals surface area contributed by atoms with Gasteiger partial charge in [0, 0.05) is 39.3 Å². The number of nitrogens with one attached hydrogen (secondary N) is 1. The van der Waals surface area contributed by atoms with Crippen LogP contribution in [0.2, 0.25) is 0 Å². The number of carbonyl (C=O) groups excluding carboxylic acids is 3. The van der Waals surface area contributed by atoms with Crippen molar-refractivity contribution >= 4 is 29.2 Å². The number of anilines is 2. The Labute approximate surface area is 163 Å². The Hall–Kier alpha value is -3.42. The molecular formula is C20H22N4O4. The molecule has 146 valence electrons. The standard InChI is InChI=1S/C20H22N4O4/c1-14(25)23-7-9-24(10-8-23)16-11-15(12-21-13-16)19(26)22-18-6-4-3-5-17(18)20(27)28-2/h3-6,11-13H,7-10H2,1-2H3,(H,22,26). The number of carbonyl (C=O) groups is 3. The van der Waals surface area contributed by atoms with Crippen LogP contribution in [0.4, 0.5) is 11.4 Å². The van der Waals surface area contributed by atoms with Crippen molar-refractivity contribution in [3.8, 4) is 0 Å². The molecule has 1 aromatic carbocycles. The van der Waals surface area contributed by atoms with Gasteiger partial charge >= 0.3 is 5.97 Å². The summed E-state index contributed by atoms with van der Waals surface area (Å²) in [6.45, 7) is 4.19. The van der Waals surface area contributed by atoms with E-state index in [2.05, 4.69) is 15.2 Å². The molecule has 28 heavy (non-hydrogen) atoms. The smallest absolute Gasteiger partial charge is 0.339 e. The monoisotopic (exact) mass is 382 g/mol. The van der Waals surface area contributed by atoms with Crippen LogP contribution in [0.3, 0.4) is 0 Å². The van der Waals surface area contributed by atoms with E-state index >= 15 is 0 Å². The minimum atomic E-state index is -0.522. The lowest BCUT2D eigenvalue weighted by Crippen LogP contribution is -2.48. The van der Waals surface area contributed by atoms with E-state index in [-0.39, 0.29) is 17.4 Å². The molecule has 8 nitrogen and oxygen atoms in total. The van der Waals surface area contributed by atoms with Crippen LogP contribution in [-0.4, -0.2) is 61.0 Å². The van der Waals surface area contributed by atoms with Crippen molar-refractivity contribution < 1.29 is 19.1 Å². The Morgan fingerprint density at radius 3 is 2.46 bits per heavy atom. The van der Waals surface area contributed by atoms with Crippen molar-refractivity contribution in [3.05, 3.63) is 53.9 Å². The van der Waals surface area contributed by atoms with Gasteiger partial charge in [0.1, 0.15) is 0 Å². The van der Waals surface area contributed by atoms with Gasteiger partial charge < -0.3 is 19.9 Å². The summed E-state index contributed by atoms with van der Waals surface area (Å²) in [6, 6.07) is 8.41. The molecule has 0 atom stereocenters. The number of rotatable bonds is 4. The third-order valence-corrected chi connectivity index (χ3v) is 4.66. The van der Waals surface area contributed by atoms with Crippen LogP contribution < -0.4 is 10.2 Å². The third kappa shape index (κ3) is 4.28. The molecule has 0 bridgehead atoms. The zero-order valence-corrected chi connectivity index (χ0v) is 15.8. The van der Waals surface area contributed by atoms with Crippen LogP contribution >= 0.6 is 0 Å². The van der Waals surface area contributed by atoms with E-state index in [1.54, 1.807) is 48.4 Å². The lowest BCUT2D eigenvalue weighted by Gasteiger charge is -2.35. The molecule has 1 N–H and O–H groups in total. The van der Waals surface area contributed by atoms with E-state index in [1.165, 1.54) is 13.3 Å². The predicted octanol–water partition coefficient (Wildman–Crippen LogP) is 1.79. The van der Waals surface area contributed by atoms with E-state index in [0.29, 0.717) is 37.4 Å². The fourth-order valence-corrected chi connectivity index (χ4v) is 3.08. The summed E-state index contributed by atoms with van der Waals surface area (Å²) in [5.74, 6) is -0.825. The van der Waals surface area contributed by atoms with Crippen LogP contribution in [0.25, 0.3) is 0 Å². The van der Waals surface area contributed by atoms with Gasteiger partial charge in [-0.1, -0.05) is 12.1 Å². The maximum Gasteiger partial charge on any atom is 0.339 e. The Kier molecular flexibility index (Phi) is 5.88. The first kappa shape index (κ1) is 19.3. The topological polar surface area (TPSA) is 91.8 Å². The zero-order valence-electron chi connectivity index (χ0n) is 15.8. The molecule has 0 spiro atoms. The third-order valence-electron chi connectivity index (χ3n) is 4.66. The molecule has 2 aromatic rings. The van der Waals surface area contributed by atoms with Crippen LogP contribution in [0.1, 0.15) is 27.6 Å². The molecule has 0 radical (unpaired) electrons. The molecule has 0 aliphatic carbocycles. The van der Waals surface area contributed by atoms with Gasteiger partial charge in [-0.15, -0.1) is 0 Å². The summed E-state index contributed by atoms with van der Waals surface area (Å²) in [6.07, 6.45) is 3.17. The first-order valence-electron chi connectivity index (χ1n) is 8.94. The van der Waals surface area contributed by atoms with Gasteiger partial charge in [-0.05, 0) is 18.2 Å². The molecule has 0 saturated carbocycles. The molecular weight excluding hydrogens is 360 g/mol. The summed E-state index contributed by atoms with van der Waals surface area (Å²) >= 11 is 0. The molecule has 1 aliphatic heterocycles. The number of methoxy groups -OCH3 is 1. The van der Waals surface area contributed by atoms with E-state index in [4.69, 9.17) is 4.74 Å². The zero-order chi connectivity index (χ0) is 20.1. The molecule has 8 heteroatoms. The Morgan fingerprint density at radius 1 is 1.07 bits per heavy atom. The van der Waals surface area contributed by atoms with Crippen LogP contribution in [0, 0.1) is 0 Å². The molecule has 3 rings (SSSR count). The second-order valence-electron chi connectivity index (χ2n) is 6.42. The molecule has 1 aliphatic rings.